The molecule has 0 fully saturated rings. The largest absolute Gasteiger partial charge is 0.384 e. The number of hydrogen-bond acceptors (Lipinski definition) is 1. The topological polar surface area (TPSA) is 20.2 Å². The van der Waals surface area contributed by atoms with Crippen molar-refractivity contribution in [3.05, 3.63) is 82.4 Å². The van der Waals surface area contributed by atoms with Crippen molar-refractivity contribution >= 4 is 22.4 Å². The molecule has 1 N–H and O–H groups in total. The van der Waals surface area contributed by atoms with Crippen molar-refractivity contribution in [3.63, 3.8) is 0 Å². The molecule has 3 aromatic carbocycles. The van der Waals surface area contributed by atoms with Gasteiger partial charge in [-0.1, -0.05) is 60.1 Å². The van der Waals surface area contributed by atoms with Gasteiger partial charge in [-0.2, -0.15) is 0 Å². The van der Waals surface area contributed by atoms with Gasteiger partial charge >= 0.3 is 0 Å². The van der Waals surface area contributed by atoms with Crippen molar-refractivity contribution in [2.75, 3.05) is 0 Å². The lowest BCUT2D eigenvalue weighted by Gasteiger charge is -2.17. The van der Waals surface area contributed by atoms with Gasteiger partial charge < -0.3 is 5.11 Å². The summed E-state index contributed by atoms with van der Waals surface area (Å²) in [5.41, 5.74) is 2.91. The summed E-state index contributed by atoms with van der Waals surface area (Å²) in [5.74, 6) is 0. The predicted octanol–water partition coefficient (Wildman–Crippen LogP) is 4.88. The molecule has 0 saturated carbocycles. The van der Waals surface area contributed by atoms with E-state index in [1.165, 1.54) is 0 Å². The van der Waals surface area contributed by atoms with Gasteiger partial charge in [-0.05, 0) is 46.5 Å². The fraction of sp³-hybridized carbons (Fsp3) is 0.111. The molecule has 0 amide bonds. The summed E-state index contributed by atoms with van der Waals surface area (Å²) in [6.07, 6.45) is -0.640. The van der Waals surface area contributed by atoms with E-state index in [-0.39, 0.29) is 0 Å². The highest BCUT2D eigenvalue weighted by Crippen LogP contribution is 2.32. The normalized spacial score (nSPS) is 12.6. The Morgan fingerprint density at radius 2 is 1.60 bits per heavy atom. The molecular formula is C18H15ClO. The number of benzene rings is 3. The Balaban J connectivity index is 2.18. The van der Waals surface area contributed by atoms with Crippen molar-refractivity contribution in [3.8, 4) is 0 Å². The Kier molecular flexibility index (Phi) is 3.47. The minimum absolute atomic E-state index is 0.640. The van der Waals surface area contributed by atoms with Gasteiger partial charge in [0.15, 0.2) is 0 Å². The Bertz CT molecular complexity index is 747. The van der Waals surface area contributed by atoms with Gasteiger partial charge in [0, 0.05) is 5.02 Å². The van der Waals surface area contributed by atoms with E-state index in [1.54, 1.807) is 12.1 Å². The maximum absolute atomic E-state index is 10.7. The fourth-order valence-corrected chi connectivity index (χ4v) is 2.71. The lowest BCUT2D eigenvalue weighted by atomic mass is 9.92. The van der Waals surface area contributed by atoms with Gasteiger partial charge in [0.1, 0.15) is 6.10 Å². The second kappa shape index (κ2) is 5.28. The molecule has 1 atom stereocenters. The van der Waals surface area contributed by atoms with Gasteiger partial charge in [0.2, 0.25) is 0 Å². The molecule has 0 saturated heterocycles. The van der Waals surface area contributed by atoms with Crippen molar-refractivity contribution in [1.82, 2.24) is 0 Å². The summed E-state index contributed by atoms with van der Waals surface area (Å²) < 4.78 is 0. The van der Waals surface area contributed by atoms with Crippen LogP contribution in [0.1, 0.15) is 22.8 Å². The third kappa shape index (κ3) is 2.31. The Hall–Kier alpha value is -1.83. The zero-order valence-electron chi connectivity index (χ0n) is 11.2. The molecule has 0 aliphatic heterocycles. The Labute approximate surface area is 123 Å². The summed E-state index contributed by atoms with van der Waals surface area (Å²) in [7, 11) is 0. The van der Waals surface area contributed by atoms with Crippen LogP contribution in [0.15, 0.2) is 60.7 Å². The minimum Gasteiger partial charge on any atom is -0.384 e. The lowest BCUT2D eigenvalue weighted by Crippen LogP contribution is -2.03. The highest BCUT2D eigenvalue weighted by molar-refractivity contribution is 6.30. The molecule has 3 aromatic rings. The van der Waals surface area contributed by atoms with Crippen LogP contribution in [0.4, 0.5) is 0 Å². The maximum atomic E-state index is 10.7. The van der Waals surface area contributed by atoms with E-state index < -0.39 is 6.10 Å². The first kappa shape index (κ1) is 13.2. The highest BCUT2D eigenvalue weighted by Gasteiger charge is 2.15. The molecular weight excluding hydrogens is 268 g/mol. The van der Waals surface area contributed by atoms with Crippen LogP contribution < -0.4 is 0 Å². The Morgan fingerprint density at radius 3 is 2.35 bits per heavy atom. The third-order valence-electron chi connectivity index (χ3n) is 3.65. The monoisotopic (exact) mass is 282 g/mol. The van der Waals surface area contributed by atoms with Crippen LogP contribution in [0, 0.1) is 6.92 Å². The summed E-state index contributed by atoms with van der Waals surface area (Å²) in [6, 6.07) is 19.6. The number of hydrogen-bond donors (Lipinski definition) is 1. The van der Waals surface area contributed by atoms with Crippen LogP contribution in [-0.4, -0.2) is 5.11 Å². The lowest BCUT2D eigenvalue weighted by molar-refractivity contribution is 0.221. The van der Waals surface area contributed by atoms with Crippen LogP contribution in [-0.2, 0) is 0 Å². The molecule has 0 radical (unpaired) electrons. The quantitative estimate of drug-likeness (QED) is 0.710. The number of aryl methyl sites for hydroxylation is 1. The van der Waals surface area contributed by atoms with E-state index in [1.807, 2.05) is 31.2 Å². The molecule has 1 unspecified atom stereocenters. The molecule has 0 aliphatic carbocycles. The summed E-state index contributed by atoms with van der Waals surface area (Å²) in [5, 5.41) is 13.6. The number of fused-ring (bicyclic) bond motifs is 1. The molecule has 3 rings (SSSR count). The van der Waals surface area contributed by atoms with Gasteiger partial charge in [0.05, 0.1) is 0 Å². The molecule has 0 bridgehead atoms. The van der Waals surface area contributed by atoms with E-state index in [2.05, 4.69) is 24.3 Å². The fourth-order valence-electron chi connectivity index (χ4n) is 2.58. The van der Waals surface area contributed by atoms with Gasteiger partial charge in [-0.3, -0.25) is 0 Å². The zero-order valence-corrected chi connectivity index (χ0v) is 11.9. The van der Waals surface area contributed by atoms with E-state index in [4.69, 9.17) is 11.6 Å². The third-order valence-corrected chi connectivity index (χ3v) is 3.90. The molecule has 0 aliphatic rings. The first-order valence-electron chi connectivity index (χ1n) is 6.58. The van der Waals surface area contributed by atoms with Crippen LogP contribution >= 0.6 is 11.6 Å². The number of halogens is 1. The first-order chi connectivity index (χ1) is 9.66. The van der Waals surface area contributed by atoms with Crippen molar-refractivity contribution in [1.29, 1.82) is 0 Å². The summed E-state index contributed by atoms with van der Waals surface area (Å²) >= 11 is 5.91. The van der Waals surface area contributed by atoms with E-state index in [9.17, 15) is 5.11 Å². The maximum Gasteiger partial charge on any atom is 0.105 e. The molecule has 20 heavy (non-hydrogen) atoms. The first-order valence-corrected chi connectivity index (χ1v) is 6.96. The highest BCUT2D eigenvalue weighted by atomic mass is 35.5. The summed E-state index contributed by atoms with van der Waals surface area (Å²) in [6.45, 7) is 2.03. The number of aliphatic hydroxyl groups is 1. The van der Waals surface area contributed by atoms with Crippen LogP contribution in [0.5, 0.6) is 0 Å². The SMILES string of the molecule is Cc1ccc2ccccc2c1C(O)c1ccc(Cl)cc1. The smallest absolute Gasteiger partial charge is 0.105 e. The van der Waals surface area contributed by atoms with Crippen molar-refractivity contribution in [2.45, 2.75) is 13.0 Å². The average Bonchev–Trinajstić information content (AvgIpc) is 2.47. The van der Waals surface area contributed by atoms with Gasteiger partial charge in [-0.15, -0.1) is 0 Å². The van der Waals surface area contributed by atoms with Crippen LogP contribution in [0.25, 0.3) is 10.8 Å². The molecule has 0 aromatic heterocycles. The van der Waals surface area contributed by atoms with Crippen LogP contribution in [0.2, 0.25) is 5.02 Å². The number of aliphatic hydroxyl groups excluding tert-OH is 1. The number of rotatable bonds is 2. The standard InChI is InChI=1S/C18H15ClO/c1-12-6-7-13-4-2-3-5-16(13)17(12)18(20)14-8-10-15(19)11-9-14/h2-11,18,20H,1H3. The second-order valence-corrected chi connectivity index (χ2v) is 5.41. The molecule has 0 heterocycles. The van der Waals surface area contributed by atoms with E-state index in [0.29, 0.717) is 5.02 Å². The van der Waals surface area contributed by atoms with E-state index in [0.717, 1.165) is 27.5 Å². The second-order valence-electron chi connectivity index (χ2n) is 4.97. The summed E-state index contributed by atoms with van der Waals surface area (Å²) in [4.78, 5) is 0. The van der Waals surface area contributed by atoms with Crippen molar-refractivity contribution in [2.24, 2.45) is 0 Å². The Morgan fingerprint density at radius 1 is 0.900 bits per heavy atom. The van der Waals surface area contributed by atoms with Gasteiger partial charge in [-0.25, -0.2) is 0 Å². The molecule has 0 spiro atoms. The minimum atomic E-state index is -0.640. The zero-order chi connectivity index (χ0) is 14.1. The van der Waals surface area contributed by atoms with Crippen LogP contribution in [0.3, 0.4) is 0 Å². The average molecular weight is 283 g/mol. The van der Waals surface area contributed by atoms with E-state index >= 15 is 0 Å². The molecule has 100 valence electrons. The molecule has 2 heteroatoms. The van der Waals surface area contributed by atoms with Gasteiger partial charge in [0.25, 0.3) is 0 Å². The predicted molar refractivity (Wildman–Crippen MR) is 84.2 cm³/mol. The van der Waals surface area contributed by atoms with Crippen molar-refractivity contribution < 1.29 is 5.11 Å². The molecule has 1 nitrogen and oxygen atoms in total.